The maximum atomic E-state index is 10.8. The first-order chi connectivity index (χ1) is 6.65. The molecule has 0 aromatic carbocycles. The van der Waals surface area contributed by atoms with Crippen LogP contribution in [-0.2, 0) is 0 Å². The minimum absolute atomic E-state index is 0.118. The predicted molar refractivity (Wildman–Crippen MR) is 52.7 cm³/mol. The van der Waals surface area contributed by atoms with Crippen LogP contribution in [0.5, 0.6) is 0 Å². The van der Waals surface area contributed by atoms with E-state index in [-0.39, 0.29) is 11.3 Å². The number of halogens is 1. The minimum Gasteiger partial charge on any atom is -0.619 e. The van der Waals surface area contributed by atoms with Crippen molar-refractivity contribution in [3.63, 3.8) is 0 Å². The Bertz CT molecular complexity index is 422. The van der Waals surface area contributed by atoms with Gasteiger partial charge < -0.3 is 5.21 Å². The monoisotopic (exact) mass is 256 g/mol. The Kier molecular flexibility index (Phi) is 3.42. The quantitative estimate of drug-likeness (QED) is 0.188. The summed E-state index contributed by atoms with van der Waals surface area (Å²) < 4.78 is 0.477. The molecule has 0 aliphatic carbocycles. The van der Waals surface area contributed by atoms with E-state index in [1.54, 1.807) is 0 Å². The van der Waals surface area contributed by atoms with E-state index in [1.165, 1.54) is 0 Å². The van der Waals surface area contributed by atoms with Crippen molar-refractivity contribution in [1.29, 1.82) is 0 Å². The third-order valence-electron chi connectivity index (χ3n) is 1.40. The SMILES string of the molecule is O=[N+]([O-])c1cc[n+]([O-])cc1C#CCBr. The molecule has 0 aliphatic heterocycles. The fourth-order valence-corrected chi connectivity index (χ4v) is 0.995. The molecule has 0 fully saturated rings. The lowest BCUT2D eigenvalue weighted by Crippen LogP contribution is -2.25. The summed E-state index contributed by atoms with van der Waals surface area (Å²) in [4.78, 5) is 9.94. The molecule has 0 amide bonds. The van der Waals surface area contributed by atoms with Gasteiger partial charge in [0.25, 0.3) is 5.69 Å². The van der Waals surface area contributed by atoms with Crippen LogP contribution in [0.15, 0.2) is 18.5 Å². The van der Waals surface area contributed by atoms with Gasteiger partial charge in [0.1, 0.15) is 0 Å². The normalized spacial score (nSPS) is 8.93. The van der Waals surface area contributed by atoms with Crippen LogP contribution < -0.4 is 4.73 Å². The molecule has 1 heterocycles. The first-order valence-corrected chi connectivity index (χ1v) is 4.69. The zero-order valence-corrected chi connectivity index (χ0v) is 8.52. The van der Waals surface area contributed by atoms with E-state index < -0.39 is 4.92 Å². The Morgan fingerprint density at radius 2 is 2.36 bits per heavy atom. The van der Waals surface area contributed by atoms with Gasteiger partial charge in [0.15, 0.2) is 11.8 Å². The zero-order chi connectivity index (χ0) is 10.6. The smallest absolute Gasteiger partial charge is 0.297 e. The number of aromatic nitrogens is 1. The summed E-state index contributed by atoms with van der Waals surface area (Å²) in [6, 6.07) is 1.13. The van der Waals surface area contributed by atoms with Crippen molar-refractivity contribution in [2.24, 2.45) is 0 Å². The highest BCUT2D eigenvalue weighted by Gasteiger charge is 2.14. The molecule has 0 atom stereocenters. The maximum absolute atomic E-state index is 10.8. The Morgan fingerprint density at radius 1 is 1.64 bits per heavy atom. The van der Waals surface area contributed by atoms with Gasteiger partial charge in [-0.15, -0.1) is 0 Å². The third kappa shape index (κ3) is 2.44. The first-order valence-electron chi connectivity index (χ1n) is 3.57. The number of hydrogen-bond acceptors (Lipinski definition) is 3. The molecule has 0 spiro atoms. The second-order valence-electron chi connectivity index (χ2n) is 2.30. The van der Waals surface area contributed by atoms with Gasteiger partial charge in [-0.3, -0.25) is 10.1 Å². The molecule has 5 nitrogen and oxygen atoms in total. The second kappa shape index (κ2) is 4.58. The topological polar surface area (TPSA) is 70.1 Å². The lowest BCUT2D eigenvalue weighted by atomic mass is 10.2. The third-order valence-corrected chi connectivity index (χ3v) is 1.68. The Balaban J connectivity index is 3.22. The largest absolute Gasteiger partial charge is 0.619 e. The number of nitro groups is 1. The summed E-state index contributed by atoms with van der Waals surface area (Å²) >= 11 is 3.06. The van der Waals surface area contributed by atoms with Gasteiger partial charge in [-0.05, 0) is 0 Å². The van der Waals surface area contributed by atoms with Crippen molar-refractivity contribution >= 4 is 21.6 Å². The highest BCUT2D eigenvalue weighted by atomic mass is 79.9. The van der Waals surface area contributed by atoms with Crippen molar-refractivity contribution in [3.8, 4) is 11.8 Å². The van der Waals surface area contributed by atoms with Gasteiger partial charge in [-0.25, -0.2) is 0 Å². The lowest BCUT2D eigenvalue weighted by molar-refractivity contribution is -0.606. The van der Waals surface area contributed by atoms with Crippen LogP contribution in [0.2, 0.25) is 0 Å². The van der Waals surface area contributed by atoms with Crippen molar-refractivity contribution < 1.29 is 9.65 Å². The summed E-state index contributed by atoms with van der Waals surface area (Å²) in [5, 5.41) is 21.8. The summed E-state index contributed by atoms with van der Waals surface area (Å²) in [7, 11) is 0. The molecular weight excluding hydrogens is 252 g/mol. The molecule has 1 aromatic heterocycles. The second-order valence-corrected chi connectivity index (χ2v) is 2.86. The van der Waals surface area contributed by atoms with Crippen LogP contribution in [0.3, 0.4) is 0 Å². The molecule has 0 radical (unpaired) electrons. The van der Waals surface area contributed by atoms with E-state index >= 15 is 0 Å². The zero-order valence-electron chi connectivity index (χ0n) is 6.94. The highest BCUT2D eigenvalue weighted by Crippen LogP contribution is 2.13. The molecule has 0 bridgehead atoms. The van der Waals surface area contributed by atoms with Crippen LogP contribution in [0, 0.1) is 27.2 Å². The molecule has 0 aliphatic rings. The van der Waals surface area contributed by atoms with Crippen molar-refractivity contribution in [2.75, 3.05) is 5.33 Å². The fraction of sp³-hybridized carbons (Fsp3) is 0.125. The molecule has 14 heavy (non-hydrogen) atoms. The standard InChI is InChI=1S/C8H5BrN2O3/c9-4-1-2-7-6-10(12)5-3-8(7)11(13)14/h3,5-6H,4H2. The Hall–Kier alpha value is -1.61. The van der Waals surface area contributed by atoms with E-state index in [9.17, 15) is 15.3 Å². The predicted octanol–water partition coefficient (Wildman–Crippen LogP) is 0.975. The molecule has 0 N–H and O–H groups in total. The summed E-state index contributed by atoms with van der Waals surface area (Å²) in [6.07, 6.45) is 2.14. The van der Waals surface area contributed by atoms with E-state index in [0.29, 0.717) is 10.1 Å². The van der Waals surface area contributed by atoms with Gasteiger partial charge in [-0.2, -0.15) is 4.73 Å². The molecule has 0 unspecified atom stereocenters. The summed E-state index contributed by atoms with van der Waals surface area (Å²) in [6.45, 7) is 0. The van der Waals surface area contributed by atoms with Gasteiger partial charge in [-0.1, -0.05) is 27.8 Å². The molecule has 0 saturated carbocycles. The average molecular weight is 257 g/mol. The minimum atomic E-state index is -0.571. The molecule has 0 saturated heterocycles. The number of hydrogen-bond donors (Lipinski definition) is 0. The molecule has 72 valence electrons. The van der Waals surface area contributed by atoms with E-state index in [0.717, 1.165) is 18.5 Å². The Morgan fingerprint density at radius 3 is 2.93 bits per heavy atom. The van der Waals surface area contributed by atoms with Gasteiger partial charge in [0, 0.05) is 0 Å². The van der Waals surface area contributed by atoms with E-state index in [4.69, 9.17) is 0 Å². The lowest BCUT2D eigenvalue weighted by Gasteiger charge is -1.96. The number of alkyl halides is 1. The van der Waals surface area contributed by atoms with Crippen molar-refractivity contribution in [1.82, 2.24) is 0 Å². The van der Waals surface area contributed by atoms with Crippen LogP contribution >= 0.6 is 15.9 Å². The van der Waals surface area contributed by atoms with Crippen LogP contribution in [0.25, 0.3) is 0 Å². The summed E-state index contributed by atoms with van der Waals surface area (Å²) in [5.74, 6) is 5.12. The highest BCUT2D eigenvalue weighted by molar-refractivity contribution is 9.09. The molecule has 6 heteroatoms. The number of pyridine rings is 1. The van der Waals surface area contributed by atoms with Gasteiger partial charge >= 0.3 is 0 Å². The van der Waals surface area contributed by atoms with Crippen LogP contribution in [-0.4, -0.2) is 10.3 Å². The van der Waals surface area contributed by atoms with Crippen molar-refractivity contribution in [2.45, 2.75) is 0 Å². The van der Waals surface area contributed by atoms with Gasteiger partial charge in [0.2, 0.25) is 6.20 Å². The average Bonchev–Trinajstić information content (AvgIpc) is 2.14. The van der Waals surface area contributed by atoms with Crippen LogP contribution in [0.4, 0.5) is 5.69 Å². The van der Waals surface area contributed by atoms with Crippen LogP contribution in [0.1, 0.15) is 5.56 Å². The number of rotatable bonds is 1. The molecular formula is C8H5BrN2O3. The van der Waals surface area contributed by atoms with E-state index in [1.807, 2.05) is 0 Å². The van der Waals surface area contributed by atoms with Gasteiger partial charge in [0.05, 0.1) is 16.3 Å². The van der Waals surface area contributed by atoms with E-state index in [2.05, 4.69) is 27.8 Å². The molecule has 1 rings (SSSR count). The molecule has 1 aromatic rings. The maximum Gasteiger partial charge on any atom is 0.297 e. The van der Waals surface area contributed by atoms with Crippen molar-refractivity contribution in [3.05, 3.63) is 39.3 Å². The summed E-state index contributed by atoms with van der Waals surface area (Å²) in [5.41, 5.74) is -0.0440. The fourth-order valence-electron chi connectivity index (χ4n) is 0.854. The Labute approximate surface area is 88.2 Å². The number of nitrogens with zero attached hydrogens (tertiary/aromatic N) is 2. The first kappa shape index (κ1) is 10.5.